The van der Waals surface area contributed by atoms with Gasteiger partial charge in [0.15, 0.2) is 12.0 Å². The van der Waals surface area contributed by atoms with E-state index in [9.17, 15) is 14.7 Å². The Bertz CT molecular complexity index is 821. The van der Waals surface area contributed by atoms with Gasteiger partial charge in [0.05, 0.1) is 5.69 Å². The molecular weight excluding hydrogens is 256 g/mol. The van der Waals surface area contributed by atoms with Gasteiger partial charge in [0, 0.05) is 17.3 Å². The molecule has 0 bridgehead atoms. The molecule has 5 nitrogen and oxygen atoms in total. The maximum absolute atomic E-state index is 11.4. The van der Waals surface area contributed by atoms with Gasteiger partial charge < -0.3 is 5.11 Å². The summed E-state index contributed by atoms with van der Waals surface area (Å²) in [6, 6.07) is 12.1. The largest absolute Gasteiger partial charge is 0.476 e. The van der Waals surface area contributed by atoms with Crippen molar-refractivity contribution in [3.8, 4) is 11.3 Å². The number of fused-ring (bicyclic) bond motifs is 1. The molecule has 0 saturated heterocycles. The molecule has 0 aliphatic heterocycles. The number of aldehydes is 1. The zero-order chi connectivity index (χ0) is 14.1. The first-order chi connectivity index (χ1) is 9.72. The van der Waals surface area contributed by atoms with Crippen LogP contribution in [-0.4, -0.2) is 26.7 Å². The van der Waals surface area contributed by atoms with Gasteiger partial charge in [-0.05, 0) is 12.1 Å². The lowest BCUT2D eigenvalue weighted by Crippen LogP contribution is -2.01. The predicted molar refractivity (Wildman–Crippen MR) is 73.0 cm³/mol. The van der Waals surface area contributed by atoms with Crippen LogP contribution in [0.15, 0.2) is 48.7 Å². The van der Waals surface area contributed by atoms with Crippen molar-refractivity contribution < 1.29 is 14.7 Å². The van der Waals surface area contributed by atoms with Crippen molar-refractivity contribution in [2.45, 2.75) is 0 Å². The van der Waals surface area contributed by atoms with Crippen molar-refractivity contribution in [1.29, 1.82) is 0 Å². The van der Waals surface area contributed by atoms with Gasteiger partial charge in [-0.15, -0.1) is 0 Å². The third kappa shape index (κ3) is 1.76. The molecule has 0 aliphatic carbocycles. The van der Waals surface area contributed by atoms with Crippen molar-refractivity contribution in [2.75, 3.05) is 0 Å². The molecule has 2 heterocycles. The van der Waals surface area contributed by atoms with Crippen molar-refractivity contribution in [1.82, 2.24) is 9.38 Å². The van der Waals surface area contributed by atoms with Crippen LogP contribution < -0.4 is 0 Å². The monoisotopic (exact) mass is 266 g/mol. The number of benzene rings is 1. The number of hydrogen-bond donors (Lipinski definition) is 1. The topological polar surface area (TPSA) is 71.7 Å². The molecule has 3 aromatic rings. The zero-order valence-corrected chi connectivity index (χ0v) is 10.4. The first-order valence-electron chi connectivity index (χ1n) is 5.97. The fourth-order valence-corrected chi connectivity index (χ4v) is 2.22. The van der Waals surface area contributed by atoms with Gasteiger partial charge in [-0.3, -0.25) is 9.20 Å². The Morgan fingerprint density at radius 1 is 1.15 bits per heavy atom. The van der Waals surface area contributed by atoms with Crippen molar-refractivity contribution in [2.24, 2.45) is 0 Å². The van der Waals surface area contributed by atoms with Crippen LogP contribution in [0.2, 0.25) is 0 Å². The molecule has 0 spiro atoms. The molecule has 0 atom stereocenters. The van der Waals surface area contributed by atoms with Crippen LogP contribution in [0.1, 0.15) is 20.8 Å². The number of aromatic carboxylic acids is 1. The molecule has 2 aromatic heterocycles. The number of hydrogen-bond acceptors (Lipinski definition) is 3. The van der Waals surface area contributed by atoms with E-state index in [2.05, 4.69) is 4.98 Å². The van der Waals surface area contributed by atoms with Crippen LogP contribution >= 0.6 is 0 Å². The third-order valence-electron chi connectivity index (χ3n) is 3.08. The number of carbonyl (C=O) groups is 2. The average Bonchev–Trinajstić information content (AvgIpc) is 2.86. The molecule has 0 saturated carbocycles. The lowest BCUT2D eigenvalue weighted by molar-refractivity contribution is 0.0692. The van der Waals surface area contributed by atoms with Crippen LogP contribution in [0, 0.1) is 0 Å². The number of nitrogens with zero attached hydrogens (tertiary/aromatic N) is 2. The molecule has 0 unspecified atom stereocenters. The third-order valence-corrected chi connectivity index (χ3v) is 3.08. The number of carboxylic acid groups (broad SMARTS) is 1. The van der Waals surface area contributed by atoms with Crippen molar-refractivity contribution in [3.63, 3.8) is 0 Å². The van der Waals surface area contributed by atoms with Crippen LogP contribution in [0.5, 0.6) is 0 Å². The normalized spacial score (nSPS) is 10.6. The summed E-state index contributed by atoms with van der Waals surface area (Å²) < 4.78 is 1.67. The summed E-state index contributed by atoms with van der Waals surface area (Å²) >= 11 is 0. The average molecular weight is 266 g/mol. The van der Waals surface area contributed by atoms with E-state index < -0.39 is 5.97 Å². The Kier molecular flexibility index (Phi) is 2.80. The second-order valence-electron chi connectivity index (χ2n) is 4.25. The van der Waals surface area contributed by atoms with Gasteiger partial charge in [0.1, 0.15) is 5.65 Å². The van der Waals surface area contributed by atoms with E-state index in [0.717, 1.165) is 0 Å². The first kappa shape index (κ1) is 12.1. The fourth-order valence-electron chi connectivity index (χ4n) is 2.22. The van der Waals surface area contributed by atoms with Gasteiger partial charge in [0.25, 0.3) is 0 Å². The van der Waals surface area contributed by atoms with Crippen LogP contribution in [-0.2, 0) is 0 Å². The number of aromatic nitrogens is 2. The standard InChI is InChI=1S/C15H10N2O3/c18-9-10-5-1-2-6-11(10)14-13(15(19)20)16-12-7-3-4-8-17(12)14/h1-9H,(H,19,20). The fraction of sp³-hybridized carbons (Fsp3) is 0. The Morgan fingerprint density at radius 3 is 2.65 bits per heavy atom. The van der Waals surface area contributed by atoms with E-state index >= 15 is 0 Å². The van der Waals surface area contributed by atoms with Gasteiger partial charge in [-0.2, -0.15) is 0 Å². The Morgan fingerprint density at radius 2 is 1.90 bits per heavy atom. The highest BCUT2D eigenvalue weighted by Gasteiger charge is 2.21. The highest BCUT2D eigenvalue weighted by molar-refractivity contribution is 5.98. The minimum atomic E-state index is -1.12. The summed E-state index contributed by atoms with van der Waals surface area (Å²) in [5, 5.41) is 9.33. The summed E-state index contributed by atoms with van der Waals surface area (Å²) in [6.07, 6.45) is 2.44. The maximum Gasteiger partial charge on any atom is 0.356 e. The smallest absolute Gasteiger partial charge is 0.356 e. The Balaban J connectivity index is 2.42. The van der Waals surface area contributed by atoms with Gasteiger partial charge in [0.2, 0.25) is 0 Å². The quantitative estimate of drug-likeness (QED) is 0.739. The highest BCUT2D eigenvalue weighted by atomic mass is 16.4. The van der Waals surface area contributed by atoms with Crippen molar-refractivity contribution in [3.05, 3.63) is 59.9 Å². The Hall–Kier alpha value is -2.95. The summed E-state index contributed by atoms with van der Waals surface area (Å²) in [4.78, 5) is 26.7. The zero-order valence-electron chi connectivity index (χ0n) is 10.4. The van der Waals surface area contributed by atoms with Crippen LogP contribution in [0.25, 0.3) is 16.9 Å². The number of carboxylic acids is 1. The SMILES string of the molecule is O=Cc1ccccc1-c1c(C(=O)O)nc2ccccn12. The second-order valence-corrected chi connectivity index (χ2v) is 4.25. The summed E-state index contributed by atoms with van der Waals surface area (Å²) in [6.45, 7) is 0. The Labute approximate surface area is 114 Å². The minimum absolute atomic E-state index is 0.0644. The minimum Gasteiger partial charge on any atom is -0.476 e. The number of imidazole rings is 1. The molecule has 0 fully saturated rings. The molecule has 5 heteroatoms. The second kappa shape index (κ2) is 4.62. The van der Waals surface area contributed by atoms with Gasteiger partial charge in [-0.25, -0.2) is 9.78 Å². The maximum atomic E-state index is 11.4. The number of rotatable bonds is 3. The molecule has 1 N–H and O–H groups in total. The van der Waals surface area contributed by atoms with Crippen LogP contribution in [0.4, 0.5) is 0 Å². The molecule has 0 aliphatic rings. The number of carbonyl (C=O) groups excluding carboxylic acids is 1. The van der Waals surface area contributed by atoms with Crippen molar-refractivity contribution >= 4 is 17.9 Å². The van der Waals surface area contributed by atoms with E-state index in [1.165, 1.54) is 0 Å². The lowest BCUT2D eigenvalue weighted by atomic mass is 10.0. The van der Waals surface area contributed by atoms with E-state index in [1.54, 1.807) is 53.1 Å². The summed E-state index contributed by atoms with van der Waals surface area (Å²) in [5.41, 5.74) is 1.86. The molecule has 1 aromatic carbocycles. The van der Waals surface area contributed by atoms with Gasteiger partial charge in [-0.1, -0.05) is 30.3 Å². The number of pyridine rings is 1. The molecule has 98 valence electrons. The van der Waals surface area contributed by atoms with E-state index in [0.29, 0.717) is 28.8 Å². The van der Waals surface area contributed by atoms with E-state index in [1.807, 2.05) is 0 Å². The molecule has 0 radical (unpaired) electrons. The molecular formula is C15H10N2O3. The molecule has 3 rings (SSSR count). The summed E-state index contributed by atoms with van der Waals surface area (Å²) in [7, 11) is 0. The lowest BCUT2D eigenvalue weighted by Gasteiger charge is -2.05. The highest BCUT2D eigenvalue weighted by Crippen LogP contribution is 2.27. The molecule has 0 amide bonds. The summed E-state index contributed by atoms with van der Waals surface area (Å²) in [5.74, 6) is -1.12. The van der Waals surface area contributed by atoms with E-state index in [-0.39, 0.29) is 5.69 Å². The predicted octanol–water partition coefficient (Wildman–Crippen LogP) is 2.51. The van der Waals surface area contributed by atoms with Crippen LogP contribution in [0.3, 0.4) is 0 Å². The van der Waals surface area contributed by atoms with Gasteiger partial charge >= 0.3 is 5.97 Å². The van der Waals surface area contributed by atoms with E-state index in [4.69, 9.17) is 0 Å². The first-order valence-corrected chi connectivity index (χ1v) is 5.97. The molecule has 20 heavy (non-hydrogen) atoms.